The zero-order chi connectivity index (χ0) is 23.4. The smallest absolute Gasteiger partial charge is 0.262 e. The summed E-state index contributed by atoms with van der Waals surface area (Å²) in [5.74, 6) is 0.915. The Labute approximate surface area is 188 Å². The molecule has 0 aliphatic carbocycles. The second-order valence-corrected chi connectivity index (χ2v) is 10.1. The van der Waals surface area contributed by atoms with E-state index in [1.165, 1.54) is 37.4 Å². The minimum Gasteiger partial charge on any atom is -0.495 e. The van der Waals surface area contributed by atoms with Crippen LogP contribution < -0.4 is 18.9 Å². The molecule has 0 radical (unpaired) electrons. The summed E-state index contributed by atoms with van der Waals surface area (Å²) < 4.78 is 67.0. The molecule has 8 nitrogen and oxygen atoms in total. The van der Waals surface area contributed by atoms with Gasteiger partial charge in [-0.15, -0.1) is 0 Å². The number of nitrogens with one attached hydrogen (secondary N) is 2. The molecule has 0 aromatic heterocycles. The van der Waals surface area contributed by atoms with Gasteiger partial charge in [-0.2, -0.15) is 0 Å². The molecule has 0 amide bonds. The van der Waals surface area contributed by atoms with Crippen LogP contribution in [0.3, 0.4) is 0 Å². The fourth-order valence-electron chi connectivity index (χ4n) is 2.98. The third-order valence-electron chi connectivity index (χ3n) is 4.53. The average Bonchev–Trinajstić information content (AvgIpc) is 2.75. The third kappa shape index (κ3) is 5.32. The van der Waals surface area contributed by atoms with E-state index in [0.29, 0.717) is 23.7 Å². The van der Waals surface area contributed by atoms with Gasteiger partial charge in [0.25, 0.3) is 20.0 Å². The van der Waals surface area contributed by atoms with Crippen LogP contribution in [0.5, 0.6) is 11.5 Å². The molecule has 3 aromatic carbocycles. The number of para-hydroxylation sites is 2. The molecular weight excluding hydrogens is 452 g/mol. The van der Waals surface area contributed by atoms with E-state index in [2.05, 4.69) is 9.44 Å². The van der Waals surface area contributed by atoms with Crippen LogP contribution in [0.25, 0.3) is 0 Å². The van der Waals surface area contributed by atoms with Crippen LogP contribution in [0.2, 0.25) is 0 Å². The van der Waals surface area contributed by atoms with Gasteiger partial charge in [0.15, 0.2) is 0 Å². The monoisotopic (exact) mass is 476 g/mol. The van der Waals surface area contributed by atoms with Gasteiger partial charge in [0.05, 0.1) is 34.9 Å². The quantitative estimate of drug-likeness (QED) is 0.483. The molecule has 0 aliphatic heterocycles. The Hall–Kier alpha value is -3.24. The second kappa shape index (κ2) is 9.49. The molecule has 0 bridgehead atoms. The first-order chi connectivity index (χ1) is 15.2. The maximum Gasteiger partial charge on any atom is 0.262 e. The Morgan fingerprint density at radius 3 is 2.19 bits per heavy atom. The lowest BCUT2D eigenvalue weighted by Crippen LogP contribution is -2.17. The van der Waals surface area contributed by atoms with Gasteiger partial charge in [-0.25, -0.2) is 16.8 Å². The Kier molecular flexibility index (Phi) is 6.95. The van der Waals surface area contributed by atoms with Crippen molar-refractivity contribution in [1.82, 2.24) is 0 Å². The molecule has 170 valence electrons. The van der Waals surface area contributed by atoms with Gasteiger partial charge in [-0.05, 0) is 67.9 Å². The van der Waals surface area contributed by atoms with Crippen LogP contribution in [-0.4, -0.2) is 30.6 Å². The number of sulfonamides is 2. The van der Waals surface area contributed by atoms with E-state index < -0.39 is 20.0 Å². The van der Waals surface area contributed by atoms with Crippen LogP contribution in [0, 0.1) is 6.92 Å². The molecule has 0 unspecified atom stereocenters. The number of benzene rings is 3. The minimum absolute atomic E-state index is 0.0260. The summed E-state index contributed by atoms with van der Waals surface area (Å²) in [7, 11) is -6.50. The van der Waals surface area contributed by atoms with E-state index in [0.717, 1.165) is 0 Å². The van der Waals surface area contributed by atoms with Crippen molar-refractivity contribution < 1.29 is 26.3 Å². The standard InChI is InChI=1S/C22H24N2O6S2/c1-4-30-18-11-13-19(14-12-18)31(25,26)23-17-10-9-16(2)22(15-17)32(27,28)24-20-7-5-6-8-21(20)29-3/h5-15,23-24H,4H2,1-3H3. The van der Waals surface area contributed by atoms with Gasteiger partial charge in [-0.1, -0.05) is 18.2 Å². The normalized spacial score (nSPS) is 11.6. The summed E-state index contributed by atoms with van der Waals surface area (Å²) in [5, 5.41) is 0. The van der Waals surface area contributed by atoms with Crippen LogP contribution in [0.1, 0.15) is 12.5 Å². The van der Waals surface area contributed by atoms with E-state index in [1.54, 1.807) is 43.3 Å². The molecule has 0 saturated carbocycles. The zero-order valence-electron chi connectivity index (χ0n) is 17.8. The third-order valence-corrected chi connectivity index (χ3v) is 7.43. The maximum absolute atomic E-state index is 13.0. The van der Waals surface area contributed by atoms with Crippen LogP contribution in [0.15, 0.2) is 76.5 Å². The number of methoxy groups -OCH3 is 1. The first-order valence-corrected chi connectivity index (χ1v) is 12.6. The predicted octanol–water partition coefficient (Wildman–Crippen LogP) is 4.00. The molecule has 0 atom stereocenters. The van der Waals surface area contributed by atoms with E-state index in [4.69, 9.17) is 9.47 Å². The fourth-order valence-corrected chi connectivity index (χ4v) is 5.37. The van der Waals surface area contributed by atoms with E-state index in [9.17, 15) is 16.8 Å². The molecule has 10 heteroatoms. The fraction of sp³-hybridized carbons (Fsp3) is 0.182. The molecule has 3 aromatic rings. The molecule has 0 aliphatic rings. The van der Waals surface area contributed by atoms with Crippen molar-refractivity contribution in [2.24, 2.45) is 0 Å². The van der Waals surface area contributed by atoms with Crippen molar-refractivity contribution in [2.75, 3.05) is 23.2 Å². The summed E-state index contributed by atoms with van der Waals surface area (Å²) in [6, 6.07) is 16.9. The summed E-state index contributed by atoms with van der Waals surface area (Å²) >= 11 is 0. The first-order valence-electron chi connectivity index (χ1n) is 9.68. The number of aryl methyl sites for hydroxylation is 1. The SMILES string of the molecule is CCOc1ccc(S(=O)(=O)Nc2ccc(C)c(S(=O)(=O)Nc3ccccc3OC)c2)cc1. The highest BCUT2D eigenvalue weighted by Crippen LogP contribution is 2.29. The molecule has 32 heavy (non-hydrogen) atoms. The van der Waals surface area contributed by atoms with Gasteiger partial charge in [0.1, 0.15) is 11.5 Å². The molecular formula is C22H24N2O6S2. The van der Waals surface area contributed by atoms with Crippen molar-refractivity contribution in [2.45, 2.75) is 23.6 Å². The van der Waals surface area contributed by atoms with Gasteiger partial charge >= 0.3 is 0 Å². The number of rotatable bonds is 9. The Bertz CT molecular complexity index is 1300. The van der Waals surface area contributed by atoms with Crippen molar-refractivity contribution >= 4 is 31.4 Å². The maximum atomic E-state index is 13.0. The van der Waals surface area contributed by atoms with Gasteiger partial charge in [0, 0.05) is 0 Å². The predicted molar refractivity (Wildman–Crippen MR) is 123 cm³/mol. The lowest BCUT2D eigenvalue weighted by atomic mass is 10.2. The van der Waals surface area contributed by atoms with Crippen molar-refractivity contribution in [1.29, 1.82) is 0 Å². The summed E-state index contributed by atoms with van der Waals surface area (Å²) in [6.07, 6.45) is 0. The number of ether oxygens (including phenoxy) is 2. The molecule has 0 saturated heterocycles. The van der Waals surface area contributed by atoms with Gasteiger partial charge in [-0.3, -0.25) is 9.44 Å². The van der Waals surface area contributed by atoms with E-state index >= 15 is 0 Å². The van der Waals surface area contributed by atoms with Crippen LogP contribution in [-0.2, 0) is 20.0 Å². The van der Waals surface area contributed by atoms with Crippen LogP contribution in [0.4, 0.5) is 11.4 Å². The highest BCUT2D eigenvalue weighted by atomic mass is 32.2. The summed E-state index contributed by atoms with van der Waals surface area (Å²) in [4.78, 5) is -0.0339. The Morgan fingerprint density at radius 2 is 1.53 bits per heavy atom. The Morgan fingerprint density at radius 1 is 0.844 bits per heavy atom. The van der Waals surface area contributed by atoms with Crippen molar-refractivity contribution in [3.63, 3.8) is 0 Å². The second-order valence-electron chi connectivity index (χ2n) is 6.80. The number of hydrogen-bond donors (Lipinski definition) is 2. The lowest BCUT2D eigenvalue weighted by Gasteiger charge is -2.15. The van der Waals surface area contributed by atoms with Gasteiger partial charge < -0.3 is 9.47 Å². The minimum atomic E-state index is -4.01. The molecule has 3 rings (SSSR count). The first kappa shape index (κ1) is 23.4. The molecule has 0 heterocycles. The largest absolute Gasteiger partial charge is 0.495 e. The van der Waals surface area contributed by atoms with E-state index in [-0.39, 0.29) is 21.2 Å². The van der Waals surface area contributed by atoms with Crippen LogP contribution >= 0.6 is 0 Å². The number of anilines is 2. The zero-order valence-corrected chi connectivity index (χ0v) is 19.5. The molecule has 0 spiro atoms. The van der Waals surface area contributed by atoms with Gasteiger partial charge in [0.2, 0.25) is 0 Å². The van der Waals surface area contributed by atoms with E-state index in [1.807, 2.05) is 6.92 Å². The summed E-state index contributed by atoms with van der Waals surface area (Å²) in [6.45, 7) is 3.92. The topological polar surface area (TPSA) is 111 Å². The lowest BCUT2D eigenvalue weighted by molar-refractivity contribution is 0.340. The van der Waals surface area contributed by atoms with Crippen molar-refractivity contribution in [3.05, 3.63) is 72.3 Å². The Balaban J connectivity index is 1.89. The molecule has 0 fully saturated rings. The highest BCUT2D eigenvalue weighted by Gasteiger charge is 2.21. The summed E-state index contributed by atoms with van der Waals surface area (Å²) in [5.41, 5.74) is 0.844. The number of hydrogen-bond acceptors (Lipinski definition) is 6. The average molecular weight is 477 g/mol. The van der Waals surface area contributed by atoms with Crippen molar-refractivity contribution in [3.8, 4) is 11.5 Å². The highest BCUT2D eigenvalue weighted by molar-refractivity contribution is 7.93. The molecule has 2 N–H and O–H groups in total.